The smallest absolute Gasteiger partial charge is 0.145 e. The molecule has 26 rings (SSSR count). The van der Waals surface area contributed by atoms with Crippen molar-refractivity contribution in [3.8, 4) is 89.8 Å². The SMILES string of the molecule is c1ccc(-c2ccc(-n3c4ccccc4c4cc(-c5ccc6c(c5)c5ccccc5n6-c5ccccc5)cnc43)cc2)cc1.c1ccc(-c2cccc(-n3c4ccccc4c4cc(-c5ccc6c(c5)c5ccccc5n6-c5ccccc5)cnc43)c2)cc1.c1ccc(-n2c3ccccc3c3cc(-c4cnc5c(c4)c4ccccc4n5-c4ccccc4)ccc32)cc1. The minimum absolute atomic E-state index is 0.960. The summed E-state index contributed by atoms with van der Waals surface area (Å²) in [4.78, 5) is 15.3. The molecule has 126 heavy (non-hydrogen) atoms. The number of hydrogen-bond donors (Lipinski definition) is 0. The molecular weight excluding hydrogens is 1530 g/mol. The number of aromatic nitrogens is 9. The van der Waals surface area contributed by atoms with Crippen LogP contribution in [0.5, 0.6) is 0 Å². The van der Waals surface area contributed by atoms with Gasteiger partial charge in [-0.2, -0.15) is 0 Å². The lowest BCUT2D eigenvalue weighted by atomic mass is 10.0. The van der Waals surface area contributed by atoms with Crippen molar-refractivity contribution in [2.75, 3.05) is 0 Å². The monoisotopic (exact) mass is 1610 g/mol. The van der Waals surface area contributed by atoms with E-state index in [4.69, 9.17) is 15.0 Å². The first-order valence-corrected chi connectivity index (χ1v) is 42.9. The van der Waals surface area contributed by atoms with Crippen LogP contribution in [-0.2, 0) is 0 Å². The zero-order valence-electron chi connectivity index (χ0n) is 68.5. The molecule has 0 radical (unpaired) electrons. The fourth-order valence-corrected chi connectivity index (χ4v) is 19.3. The fraction of sp³-hybridized carbons (Fsp3) is 0. The molecule has 9 nitrogen and oxygen atoms in total. The van der Waals surface area contributed by atoms with Crippen molar-refractivity contribution in [1.29, 1.82) is 0 Å². The van der Waals surface area contributed by atoms with Gasteiger partial charge in [-0.1, -0.05) is 285 Å². The minimum atomic E-state index is 0.960. The molecule has 0 aliphatic heterocycles. The van der Waals surface area contributed by atoms with Gasteiger partial charge < -0.3 is 13.7 Å². The van der Waals surface area contributed by atoms with Crippen LogP contribution in [0.3, 0.4) is 0 Å². The van der Waals surface area contributed by atoms with Gasteiger partial charge in [0.25, 0.3) is 0 Å². The average molecular weight is 1610 g/mol. The summed E-state index contributed by atoms with van der Waals surface area (Å²) < 4.78 is 13.9. The molecule has 0 saturated heterocycles. The van der Waals surface area contributed by atoms with Gasteiger partial charge in [0, 0.05) is 134 Å². The molecule has 0 amide bonds. The van der Waals surface area contributed by atoms with Crippen LogP contribution in [0.25, 0.3) is 221 Å². The first-order chi connectivity index (χ1) is 62.5. The number of nitrogens with zero attached hydrogens (tertiary/aromatic N) is 9. The van der Waals surface area contributed by atoms with Crippen LogP contribution in [0.4, 0.5) is 0 Å². The molecule has 0 unspecified atom stereocenters. The highest BCUT2D eigenvalue weighted by molar-refractivity contribution is 6.16. The summed E-state index contributed by atoms with van der Waals surface area (Å²) in [6, 6.07) is 160. The van der Waals surface area contributed by atoms with Crippen molar-refractivity contribution < 1.29 is 0 Å². The Morgan fingerprint density at radius 1 is 0.119 bits per heavy atom. The Labute approximate surface area is 726 Å². The molecule has 9 heterocycles. The van der Waals surface area contributed by atoms with Crippen LogP contribution >= 0.6 is 0 Å². The number of hydrogen-bond acceptors (Lipinski definition) is 3. The highest BCUT2D eigenvalue weighted by atomic mass is 15.1. The molecule has 0 N–H and O–H groups in total. The molecule has 0 spiro atoms. The highest BCUT2D eigenvalue weighted by Gasteiger charge is 2.23. The summed E-state index contributed by atoms with van der Waals surface area (Å²) in [5, 5.41) is 14.5. The van der Waals surface area contributed by atoms with Crippen molar-refractivity contribution in [3.05, 3.63) is 468 Å². The Bertz CT molecular complexity index is 8520. The number of fused-ring (bicyclic) bond motifs is 18. The molecule has 9 heteroatoms. The maximum Gasteiger partial charge on any atom is 0.145 e. The van der Waals surface area contributed by atoms with Gasteiger partial charge in [0.15, 0.2) is 0 Å². The predicted octanol–water partition coefficient (Wildman–Crippen LogP) is 30.2. The van der Waals surface area contributed by atoms with Crippen molar-refractivity contribution in [2.45, 2.75) is 0 Å². The minimum Gasteiger partial charge on any atom is -0.309 e. The van der Waals surface area contributed by atoms with Gasteiger partial charge in [-0.25, -0.2) is 15.0 Å². The summed E-state index contributed by atoms with van der Waals surface area (Å²) in [5.74, 6) is 0. The second-order valence-corrected chi connectivity index (χ2v) is 32.3. The standard InChI is InChI=1S/2C41H27N3.C35H23N3/c1-3-12-28(13-4-1)29-14-11-17-33(24-29)44-39-21-10-8-19-35(39)37-26-31(27-42-41(37)44)30-22-23-40-36(25-30)34-18-7-9-20-38(34)43(40)32-15-5-2-6-16-32;1-3-11-28(12-4-1)29-19-22-33(23-20-29)44-39-18-10-8-16-35(39)37-26-31(27-42-41(37)44)30-21-24-40-36(25-30)34-15-7-9-17-38(34)43(40)32-13-5-2-6-14-32;1-3-11-26(12-4-1)37-32-17-9-7-15-28(32)30-21-24(19-20-34(30)37)25-22-31-29-16-8-10-18-33(29)38(35(31)36-23-25)27-13-5-2-6-14-27/h2*1-27H;1-23H. The van der Waals surface area contributed by atoms with Crippen LogP contribution in [0.2, 0.25) is 0 Å². The van der Waals surface area contributed by atoms with E-state index in [1.165, 1.54) is 132 Å². The second-order valence-electron chi connectivity index (χ2n) is 32.3. The van der Waals surface area contributed by atoms with Gasteiger partial charge in [-0.05, 0) is 203 Å². The average Bonchev–Trinajstić information content (AvgIpc) is 1.60. The van der Waals surface area contributed by atoms with E-state index in [2.05, 4.69) is 470 Å². The van der Waals surface area contributed by atoms with Crippen molar-refractivity contribution in [3.63, 3.8) is 0 Å². The number of rotatable bonds is 11. The Balaban J connectivity index is 0.000000106. The van der Waals surface area contributed by atoms with Gasteiger partial charge >= 0.3 is 0 Å². The summed E-state index contributed by atoms with van der Waals surface area (Å²) >= 11 is 0. The van der Waals surface area contributed by atoms with Gasteiger partial charge in [0.05, 0.1) is 49.7 Å². The molecular formula is C117H77N9. The quantitative estimate of drug-likeness (QED) is 0.130. The van der Waals surface area contributed by atoms with Gasteiger partial charge in [-0.15, -0.1) is 0 Å². The van der Waals surface area contributed by atoms with E-state index in [0.717, 1.165) is 89.0 Å². The first-order valence-electron chi connectivity index (χ1n) is 42.9. The lowest BCUT2D eigenvalue weighted by Crippen LogP contribution is -1.96. The largest absolute Gasteiger partial charge is 0.309 e. The van der Waals surface area contributed by atoms with E-state index in [1.54, 1.807) is 0 Å². The molecule has 0 saturated carbocycles. The molecule has 590 valence electrons. The Morgan fingerprint density at radius 2 is 0.325 bits per heavy atom. The molecule has 0 atom stereocenters. The number of benzene rings is 17. The predicted molar refractivity (Wildman–Crippen MR) is 526 cm³/mol. The Morgan fingerprint density at radius 3 is 0.659 bits per heavy atom. The van der Waals surface area contributed by atoms with Gasteiger partial charge in [-0.3, -0.25) is 13.7 Å². The van der Waals surface area contributed by atoms with Crippen molar-refractivity contribution >= 4 is 131 Å². The van der Waals surface area contributed by atoms with E-state index in [1.807, 2.05) is 24.7 Å². The third-order valence-corrected chi connectivity index (χ3v) is 25.1. The fourth-order valence-electron chi connectivity index (χ4n) is 19.3. The number of para-hydroxylation sites is 10. The Hall–Kier alpha value is -17.0. The van der Waals surface area contributed by atoms with E-state index in [-0.39, 0.29) is 0 Å². The third kappa shape index (κ3) is 12.4. The lowest BCUT2D eigenvalue weighted by Gasteiger charge is -2.10. The summed E-state index contributed by atoms with van der Waals surface area (Å²) in [5.41, 5.74) is 32.1. The molecule has 17 aromatic carbocycles. The van der Waals surface area contributed by atoms with E-state index in [0.29, 0.717) is 0 Å². The molecule has 0 bridgehead atoms. The molecule has 0 aliphatic carbocycles. The summed E-state index contributed by atoms with van der Waals surface area (Å²) in [6.45, 7) is 0. The van der Waals surface area contributed by atoms with Crippen LogP contribution in [-0.4, -0.2) is 42.4 Å². The van der Waals surface area contributed by atoms with Gasteiger partial charge in [0.2, 0.25) is 0 Å². The molecule has 0 aliphatic rings. The maximum atomic E-state index is 5.13. The third-order valence-electron chi connectivity index (χ3n) is 25.1. The zero-order valence-corrected chi connectivity index (χ0v) is 68.5. The first kappa shape index (κ1) is 73.0. The van der Waals surface area contributed by atoms with E-state index < -0.39 is 0 Å². The lowest BCUT2D eigenvalue weighted by molar-refractivity contribution is 1.14. The van der Waals surface area contributed by atoms with Crippen molar-refractivity contribution in [1.82, 2.24) is 42.4 Å². The van der Waals surface area contributed by atoms with Crippen LogP contribution < -0.4 is 0 Å². The topological polar surface area (TPSA) is 68.2 Å². The molecule has 26 aromatic rings. The molecule has 0 fully saturated rings. The van der Waals surface area contributed by atoms with E-state index >= 15 is 0 Å². The molecule has 9 aromatic heterocycles. The van der Waals surface area contributed by atoms with Crippen LogP contribution in [0.15, 0.2) is 468 Å². The van der Waals surface area contributed by atoms with Gasteiger partial charge in [0.1, 0.15) is 16.9 Å². The Kier molecular flexibility index (Phi) is 17.7. The number of pyridine rings is 3. The second kappa shape index (κ2) is 30.6. The van der Waals surface area contributed by atoms with Crippen LogP contribution in [0.1, 0.15) is 0 Å². The summed E-state index contributed by atoms with van der Waals surface area (Å²) in [7, 11) is 0. The van der Waals surface area contributed by atoms with Crippen molar-refractivity contribution in [2.24, 2.45) is 0 Å². The zero-order chi connectivity index (χ0) is 83.1. The van der Waals surface area contributed by atoms with E-state index in [9.17, 15) is 0 Å². The highest BCUT2D eigenvalue weighted by Crippen LogP contribution is 2.44. The maximum absolute atomic E-state index is 5.13. The normalized spacial score (nSPS) is 11.7. The van der Waals surface area contributed by atoms with Crippen LogP contribution in [0, 0.1) is 0 Å². The summed E-state index contributed by atoms with van der Waals surface area (Å²) in [6.07, 6.45) is 6.06.